The predicted octanol–water partition coefficient (Wildman–Crippen LogP) is 3.72. The molecule has 0 amide bonds. The third-order valence-electron chi connectivity index (χ3n) is 4.29. The Balaban J connectivity index is 1.77. The number of hydrogen-bond acceptors (Lipinski definition) is 3. The summed E-state index contributed by atoms with van der Waals surface area (Å²) in [7, 11) is 0. The quantitative estimate of drug-likeness (QED) is 0.823. The third kappa shape index (κ3) is 3.65. The van der Waals surface area contributed by atoms with Crippen LogP contribution in [0.25, 0.3) is 0 Å². The Labute approximate surface area is 116 Å². The molecular formula is C15H26N2S. The molecule has 0 saturated heterocycles. The van der Waals surface area contributed by atoms with Crippen molar-refractivity contribution in [3.05, 3.63) is 0 Å². The van der Waals surface area contributed by atoms with E-state index in [0.717, 1.165) is 18.8 Å². The second-order valence-corrected chi connectivity index (χ2v) is 7.67. The monoisotopic (exact) mass is 266 g/mol. The van der Waals surface area contributed by atoms with Crippen LogP contribution >= 0.6 is 11.8 Å². The molecule has 0 aromatic heterocycles. The van der Waals surface area contributed by atoms with Crippen molar-refractivity contribution in [2.45, 2.75) is 75.6 Å². The van der Waals surface area contributed by atoms with Crippen LogP contribution in [0.2, 0.25) is 0 Å². The van der Waals surface area contributed by atoms with E-state index in [2.05, 4.69) is 37.0 Å². The normalized spacial score (nSPS) is 33.1. The molecule has 0 radical (unpaired) electrons. The van der Waals surface area contributed by atoms with Crippen molar-refractivity contribution in [3.8, 4) is 6.07 Å². The second-order valence-electron chi connectivity index (χ2n) is 6.34. The molecule has 102 valence electrons. The van der Waals surface area contributed by atoms with E-state index in [1.54, 1.807) is 0 Å². The lowest BCUT2D eigenvalue weighted by Crippen LogP contribution is -2.45. The van der Waals surface area contributed by atoms with Crippen molar-refractivity contribution in [1.82, 2.24) is 5.32 Å². The number of hydrogen-bond donors (Lipinski definition) is 1. The summed E-state index contributed by atoms with van der Waals surface area (Å²) >= 11 is 2.13. The number of rotatable bonds is 5. The minimum Gasteiger partial charge on any atom is -0.297 e. The third-order valence-corrected chi connectivity index (χ3v) is 5.83. The van der Waals surface area contributed by atoms with E-state index in [4.69, 9.17) is 0 Å². The molecule has 0 aliphatic heterocycles. The van der Waals surface area contributed by atoms with Gasteiger partial charge in [-0.1, -0.05) is 12.8 Å². The molecule has 0 heterocycles. The molecule has 1 N–H and O–H groups in total. The van der Waals surface area contributed by atoms with E-state index in [9.17, 15) is 5.26 Å². The van der Waals surface area contributed by atoms with Gasteiger partial charge in [-0.05, 0) is 57.6 Å². The van der Waals surface area contributed by atoms with Crippen LogP contribution in [0, 0.1) is 17.2 Å². The maximum absolute atomic E-state index is 9.44. The second kappa shape index (κ2) is 6.30. The standard InChI is InChI=1S/C15H26N2S/c1-12(2)17-15(11-16)8-7-14(9-15)18-10-13-5-3-4-6-13/h12-14,17H,3-10H2,1-2H3. The van der Waals surface area contributed by atoms with Crippen molar-refractivity contribution in [2.24, 2.45) is 5.92 Å². The van der Waals surface area contributed by atoms with E-state index in [1.165, 1.54) is 37.9 Å². The Morgan fingerprint density at radius 1 is 1.33 bits per heavy atom. The fraction of sp³-hybridized carbons (Fsp3) is 0.933. The summed E-state index contributed by atoms with van der Waals surface area (Å²) in [6.45, 7) is 4.27. The first kappa shape index (κ1) is 14.2. The van der Waals surface area contributed by atoms with Crippen molar-refractivity contribution in [2.75, 3.05) is 5.75 Å². The van der Waals surface area contributed by atoms with Gasteiger partial charge in [0, 0.05) is 11.3 Å². The van der Waals surface area contributed by atoms with Gasteiger partial charge < -0.3 is 0 Å². The zero-order valence-corrected chi connectivity index (χ0v) is 12.6. The van der Waals surface area contributed by atoms with Crippen LogP contribution in [0.5, 0.6) is 0 Å². The molecule has 2 atom stereocenters. The molecule has 18 heavy (non-hydrogen) atoms. The molecule has 2 aliphatic rings. The molecule has 0 aromatic rings. The molecular weight excluding hydrogens is 240 g/mol. The van der Waals surface area contributed by atoms with Crippen LogP contribution in [0.1, 0.15) is 58.8 Å². The predicted molar refractivity (Wildman–Crippen MR) is 78.7 cm³/mol. The van der Waals surface area contributed by atoms with Crippen LogP contribution in [0.15, 0.2) is 0 Å². The molecule has 3 heteroatoms. The maximum atomic E-state index is 9.44. The van der Waals surface area contributed by atoms with Gasteiger partial charge in [0.25, 0.3) is 0 Å². The first-order valence-corrected chi connectivity index (χ1v) is 8.49. The van der Waals surface area contributed by atoms with Crippen LogP contribution in [0.4, 0.5) is 0 Å². The van der Waals surface area contributed by atoms with Gasteiger partial charge in [-0.3, -0.25) is 5.32 Å². The first-order chi connectivity index (χ1) is 8.63. The lowest BCUT2D eigenvalue weighted by atomic mass is 9.99. The zero-order chi connectivity index (χ0) is 13.0. The largest absolute Gasteiger partial charge is 0.297 e. The Kier molecular flexibility index (Phi) is 4.98. The minimum atomic E-state index is -0.235. The number of nitrogens with one attached hydrogen (secondary N) is 1. The van der Waals surface area contributed by atoms with E-state index in [1.807, 2.05) is 0 Å². The van der Waals surface area contributed by atoms with Gasteiger partial charge in [-0.2, -0.15) is 17.0 Å². The summed E-state index contributed by atoms with van der Waals surface area (Å²) in [6, 6.07) is 2.95. The number of nitriles is 1. The Bertz CT molecular complexity index is 304. The average molecular weight is 266 g/mol. The highest BCUT2D eigenvalue weighted by atomic mass is 32.2. The molecule has 2 nitrogen and oxygen atoms in total. The number of nitrogens with zero attached hydrogens (tertiary/aromatic N) is 1. The lowest BCUT2D eigenvalue weighted by Gasteiger charge is -2.25. The van der Waals surface area contributed by atoms with Crippen LogP contribution in [0.3, 0.4) is 0 Å². The van der Waals surface area contributed by atoms with E-state index in [-0.39, 0.29) is 5.54 Å². The van der Waals surface area contributed by atoms with Crippen molar-refractivity contribution < 1.29 is 0 Å². The summed E-state index contributed by atoms with van der Waals surface area (Å²) < 4.78 is 0. The van der Waals surface area contributed by atoms with Gasteiger partial charge in [0.05, 0.1) is 6.07 Å². The van der Waals surface area contributed by atoms with E-state index in [0.29, 0.717) is 11.3 Å². The highest BCUT2D eigenvalue weighted by Crippen LogP contribution is 2.39. The summed E-state index contributed by atoms with van der Waals surface area (Å²) in [5, 5.41) is 13.6. The average Bonchev–Trinajstić information content (AvgIpc) is 2.95. The van der Waals surface area contributed by atoms with Gasteiger partial charge in [-0.25, -0.2) is 0 Å². The van der Waals surface area contributed by atoms with Gasteiger partial charge in [0.15, 0.2) is 0 Å². The SMILES string of the molecule is CC(C)NC1(C#N)CCC(SCC2CCCC2)C1. The molecule has 0 spiro atoms. The maximum Gasteiger partial charge on any atom is 0.108 e. The van der Waals surface area contributed by atoms with Gasteiger partial charge in [0.2, 0.25) is 0 Å². The van der Waals surface area contributed by atoms with Crippen molar-refractivity contribution >= 4 is 11.8 Å². The summed E-state index contributed by atoms with van der Waals surface area (Å²) in [5.41, 5.74) is -0.235. The smallest absolute Gasteiger partial charge is 0.108 e. The molecule has 0 aromatic carbocycles. The lowest BCUT2D eigenvalue weighted by molar-refractivity contribution is 0.386. The molecule has 2 unspecified atom stereocenters. The van der Waals surface area contributed by atoms with E-state index >= 15 is 0 Å². The highest BCUT2D eigenvalue weighted by molar-refractivity contribution is 7.99. The molecule has 2 fully saturated rings. The van der Waals surface area contributed by atoms with Gasteiger partial charge in [0.1, 0.15) is 5.54 Å². The molecule has 2 rings (SSSR count). The Morgan fingerprint density at radius 2 is 2.06 bits per heavy atom. The fourth-order valence-electron chi connectivity index (χ4n) is 3.41. The highest BCUT2D eigenvalue weighted by Gasteiger charge is 2.40. The summed E-state index contributed by atoms with van der Waals surface area (Å²) in [6.07, 6.45) is 9.04. The van der Waals surface area contributed by atoms with Crippen molar-refractivity contribution in [1.29, 1.82) is 5.26 Å². The topological polar surface area (TPSA) is 35.8 Å². The Hall–Kier alpha value is -0.200. The van der Waals surface area contributed by atoms with Gasteiger partial charge >= 0.3 is 0 Å². The number of thioether (sulfide) groups is 1. The van der Waals surface area contributed by atoms with Crippen LogP contribution in [-0.2, 0) is 0 Å². The minimum absolute atomic E-state index is 0.235. The Morgan fingerprint density at radius 3 is 2.67 bits per heavy atom. The summed E-state index contributed by atoms with van der Waals surface area (Å²) in [5.74, 6) is 2.29. The molecule has 2 saturated carbocycles. The fourth-order valence-corrected chi connectivity index (χ4v) is 4.97. The zero-order valence-electron chi connectivity index (χ0n) is 11.7. The first-order valence-electron chi connectivity index (χ1n) is 7.44. The summed E-state index contributed by atoms with van der Waals surface area (Å²) in [4.78, 5) is 0. The molecule has 0 bridgehead atoms. The van der Waals surface area contributed by atoms with Crippen LogP contribution in [-0.4, -0.2) is 22.6 Å². The molecule has 2 aliphatic carbocycles. The van der Waals surface area contributed by atoms with E-state index < -0.39 is 0 Å². The van der Waals surface area contributed by atoms with Gasteiger partial charge in [-0.15, -0.1) is 0 Å². The van der Waals surface area contributed by atoms with Crippen LogP contribution < -0.4 is 5.32 Å². The van der Waals surface area contributed by atoms with Crippen molar-refractivity contribution in [3.63, 3.8) is 0 Å².